The largest absolute Gasteiger partial charge is 0.309 e. The number of thiocarbonyl (C=S) groups is 1. The Balaban J connectivity index is 2.24. The Bertz CT molecular complexity index is 574. The molecular formula is C14H16ClN3O2S. The van der Waals surface area contributed by atoms with Crippen LogP contribution in [-0.4, -0.2) is 42.5 Å². The third-order valence-corrected chi connectivity index (χ3v) is 3.75. The van der Waals surface area contributed by atoms with Crippen LogP contribution in [0, 0.1) is 5.92 Å². The van der Waals surface area contributed by atoms with Gasteiger partial charge in [-0.2, -0.15) is 0 Å². The average Bonchev–Trinajstić information content (AvgIpc) is 2.40. The van der Waals surface area contributed by atoms with Gasteiger partial charge in [-0.15, -0.1) is 0 Å². The van der Waals surface area contributed by atoms with E-state index in [1.54, 1.807) is 24.3 Å². The van der Waals surface area contributed by atoms with Gasteiger partial charge in [0.25, 0.3) is 0 Å². The molecule has 0 spiro atoms. The lowest BCUT2D eigenvalue weighted by Crippen LogP contribution is -2.58. The molecule has 1 atom stereocenters. The van der Waals surface area contributed by atoms with Crippen LogP contribution in [0.15, 0.2) is 24.3 Å². The predicted octanol–water partition coefficient (Wildman–Crippen LogP) is 1.66. The van der Waals surface area contributed by atoms with Gasteiger partial charge in [0, 0.05) is 5.02 Å². The second-order valence-corrected chi connectivity index (χ2v) is 5.91. The number of carbonyl (C=O) groups excluding carboxylic acids is 2. The van der Waals surface area contributed by atoms with Crippen LogP contribution in [0.5, 0.6) is 0 Å². The number of amides is 2. The summed E-state index contributed by atoms with van der Waals surface area (Å²) in [4.78, 5) is 27.8. The molecule has 0 saturated carbocycles. The first-order valence-corrected chi connectivity index (χ1v) is 7.28. The van der Waals surface area contributed by atoms with E-state index in [-0.39, 0.29) is 16.9 Å². The van der Waals surface area contributed by atoms with E-state index in [0.29, 0.717) is 23.7 Å². The molecule has 1 aromatic carbocycles. The zero-order chi connectivity index (χ0) is 15.6. The maximum absolute atomic E-state index is 12.6. The number of benzene rings is 1. The molecule has 7 heteroatoms. The molecular weight excluding hydrogens is 310 g/mol. The van der Waals surface area contributed by atoms with Crippen molar-refractivity contribution < 1.29 is 9.59 Å². The molecule has 1 fully saturated rings. The van der Waals surface area contributed by atoms with Gasteiger partial charge in [0.15, 0.2) is 5.11 Å². The quantitative estimate of drug-likeness (QED) is 0.675. The number of rotatable bonds is 4. The fourth-order valence-electron chi connectivity index (χ4n) is 2.09. The molecule has 1 aromatic rings. The molecule has 21 heavy (non-hydrogen) atoms. The van der Waals surface area contributed by atoms with Crippen LogP contribution in [0.2, 0.25) is 5.02 Å². The maximum Gasteiger partial charge on any atom is 0.245 e. The van der Waals surface area contributed by atoms with Gasteiger partial charge in [-0.3, -0.25) is 14.5 Å². The molecule has 1 unspecified atom stereocenters. The van der Waals surface area contributed by atoms with Gasteiger partial charge >= 0.3 is 0 Å². The topological polar surface area (TPSA) is 52.7 Å². The summed E-state index contributed by atoms with van der Waals surface area (Å²) < 4.78 is 0. The van der Waals surface area contributed by atoms with Crippen molar-refractivity contribution in [1.82, 2.24) is 10.2 Å². The zero-order valence-corrected chi connectivity index (χ0v) is 13.4. The van der Waals surface area contributed by atoms with E-state index >= 15 is 0 Å². The summed E-state index contributed by atoms with van der Waals surface area (Å²) in [5, 5.41) is 3.27. The van der Waals surface area contributed by atoms with Crippen molar-refractivity contribution in [2.24, 2.45) is 5.92 Å². The van der Waals surface area contributed by atoms with Crippen LogP contribution < -0.4 is 10.2 Å². The molecule has 1 heterocycles. The predicted molar refractivity (Wildman–Crippen MR) is 86.3 cm³/mol. The van der Waals surface area contributed by atoms with Gasteiger partial charge in [0.05, 0.1) is 5.69 Å². The highest BCUT2D eigenvalue weighted by Gasteiger charge is 2.38. The second-order valence-electron chi connectivity index (χ2n) is 5.09. The van der Waals surface area contributed by atoms with Crippen molar-refractivity contribution in [1.29, 1.82) is 0 Å². The van der Waals surface area contributed by atoms with Crippen molar-refractivity contribution in [2.75, 3.05) is 25.5 Å². The molecule has 0 aliphatic carbocycles. The first kappa shape index (κ1) is 15.9. The number of hydrogen-bond acceptors (Lipinski definition) is 4. The van der Waals surface area contributed by atoms with Crippen LogP contribution in [0.3, 0.4) is 0 Å². The van der Waals surface area contributed by atoms with Crippen LogP contribution in [0.1, 0.15) is 6.42 Å². The van der Waals surface area contributed by atoms with Crippen molar-refractivity contribution in [3.05, 3.63) is 29.3 Å². The van der Waals surface area contributed by atoms with E-state index in [1.165, 1.54) is 4.90 Å². The molecule has 0 bridgehead atoms. The lowest BCUT2D eigenvalue weighted by atomic mass is 10.00. The van der Waals surface area contributed by atoms with Crippen LogP contribution in [0.25, 0.3) is 0 Å². The SMILES string of the molecule is CN(C)CCC1C(=O)NC(=S)N(c2ccc(Cl)cc2)C1=O. The lowest BCUT2D eigenvalue weighted by Gasteiger charge is -2.32. The standard InChI is InChI=1S/C14H16ClN3O2S/c1-17(2)8-7-11-12(19)16-14(21)18(13(11)20)10-5-3-9(15)4-6-10/h3-6,11H,7-8H2,1-2H3,(H,16,19,21). The van der Waals surface area contributed by atoms with Gasteiger partial charge < -0.3 is 10.2 Å². The highest BCUT2D eigenvalue weighted by molar-refractivity contribution is 7.80. The number of anilines is 1. The summed E-state index contributed by atoms with van der Waals surface area (Å²) in [6.45, 7) is 0.644. The molecule has 0 radical (unpaired) electrons. The van der Waals surface area contributed by atoms with E-state index < -0.39 is 5.92 Å². The fraction of sp³-hybridized carbons (Fsp3) is 0.357. The molecule has 2 amide bonds. The number of nitrogens with one attached hydrogen (secondary N) is 1. The summed E-state index contributed by atoms with van der Waals surface area (Å²) in [5.74, 6) is -1.36. The van der Waals surface area contributed by atoms with Gasteiger partial charge in [-0.25, -0.2) is 0 Å². The molecule has 1 saturated heterocycles. The Morgan fingerprint density at radius 3 is 2.48 bits per heavy atom. The van der Waals surface area contributed by atoms with Gasteiger partial charge in [0.2, 0.25) is 11.8 Å². The van der Waals surface area contributed by atoms with E-state index in [0.717, 1.165) is 0 Å². The van der Waals surface area contributed by atoms with E-state index in [4.69, 9.17) is 23.8 Å². The van der Waals surface area contributed by atoms with Crippen molar-refractivity contribution in [2.45, 2.75) is 6.42 Å². The Morgan fingerprint density at radius 1 is 1.29 bits per heavy atom. The maximum atomic E-state index is 12.6. The molecule has 1 aliphatic heterocycles. The third kappa shape index (κ3) is 3.58. The minimum atomic E-state index is -0.727. The first-order valence-electron chi connectivity index (χ1n) is 6.49. The minimum absolute atomic E-state index is 0.105. The summed E-state index contributed by atoms with van der Waals surface area (Å²) in [6.07, 6.45) is 0.449. The minimum Gasteiger partial charge on any atom is -0.309 e. The Kier molecular flexibility index (Phi) is 4.92. The number of hydrogen-bond donors (Lipinski definition) is 1. The van der Waals surface area contributed by atoms with Gasteiger partial charge in [-0.1, -0.05) is 11.6 Å². The number of halogens is 1. The highest BCUT2D eigenvalue weighted by Crippen LogP contribution is 2.24. The van der Waals surface area contributed by atoms with Gasteiger partial charge in [-0.05, 0) is 63.5 Å². The summed E-state index contributed by atoms with van der Waals surface area (Å²) in [6, 6.07) is 6.76. The lowest BCUT2D eigenvalue weighted by molar-refractivity contribution is -0.134. The zero-order valence-electron chi connectivity index (χ0n) is 11.8. The van der Waals surface area contributed by atoms with E-state index in [9.17, 15) is 9.59 Å². The summed E-state index contributed by atoms with van der Waals surface area (Å²) >= 11 is 11.0. The third-order valence-electron chi connectivity index (χ3n) is 3.22. The van der Waals surface area contributed by atoms with Crippen molar-refractivity contribution >= 4 is 46.4 Å². The highest BCUT2D eigenvalue weighted by atomic mass is 35.5. The molecule has 2 rings (SSSR count). The van der Waals surface area contributed by atoms with Crippen molar-refractivity contribution in [3.8, 4) is 0 Å². The van der Waals surface area contributed by atoms with Crippen molar-refractivity contribution in [3.63, 3.8) is 0 Å². The van der Waals surface area contributed by atoms with E-state index in [1.807, 2.05) is 19.0 Å². The molecule has 0 aromatic heterocycles. The summed E-state index contributed by atoms with van der Waals surface area (Å²) in [7, 11) is 3.79. The Labute approximate surface area is 133 Å². The number of nitrogens with zero attached hydrogens (tertiary/aromatic N) is 2. The van der Waals surface area contributed by atoms with Crippen LogP contribution in [-0.2, 0) is 9.59 Å². The van der Waals surface area contributed by atoms with Gasteiger partial charge in [0.1, 0.15) is 5.92 Å². The first-order chi connectivity index (χ1) is 9.90. The average molecular weight is 326 g/mol. The molecule has 1 N–H and O–H groups in total. The van der Waals surface area contributed by atoms with Crippen LogP contribution >= 0.6 is 23.8 Å². The second kappa shape index (κ2) is 6.51. The molecule has 1 aliphatic rings. The smallest absolute Gasteiger partial charge is 0.245 e. The van der Waals surface area contributed by atoms with Crippen LogP contribution in [0.4, 0.5) is 5.69 Å². The normalized spacial score (nSPS) is 19.1. The monoisotopic (exact) mass is 325 g/mol. The summed E-state index contributed by atoms with van der Waals surface area (Å²) in [5.41, 5.74) is 0.601. The molecule has 112 valence electrons. The Morgan fingerprint density at radius 2 is 1.90 bits per heavy atom. The molecule has 5 nitrogen and oxygen atoms in total. The number of carbonyl (C=O) groups is 2. The van der Waals surface area contributed by atoms with E-state index in [2.05, 4.69) is 5.32 Å². The Hall–Kier alpha value is -1.50. The fourth-order valence-corrected chi connectivity index (χ4v) is 2.51.